The van der Waals surface area contributed by atoms with Crippen LogP contribution in [-0.4, -0.2) is 61.1 Å². The van der Waals surface area contributed by atoms with Gasteiger partial charge in [0.05, 0.1) is 19.7 Å². The van der Waals surface area contributed by atoms with Crippen LogP contribution in [0.5, 0.6) is 11.5 Å². The number of benzene rings is 1. The highest BCUT2D eigenvalue weighted by molar-refractivity contribution is 5.92. The van der Waals surface area contributed by atoms with Gasteiger partial charge in [-0.3, -0.25) is 0 Å². The summed E-state index contributed by atoms with van der Waals surface area (Å²) >= 11 is 0. The van der Waals surface area contributed by atoms with Crippen molar-refractivity contribution in [3.63, 3.8) is 0 Å². The van der Waals surface area contributed by atoms with E-state index in [-0.39, 0.29) is 0 Å². The number of hydrogen-bond acceptors (Lipinski definition) is 7. The molecule has 7 heteroatoms. The van der Waals surface area contributed by atoms with Crippen molar-refractivity contribution >= 4 is 22.6 Å². The Morgan fingerprint density at radius 3 is 2.39 bits per heavy atom. The third-order valence-electron chi connectivity index (χ3n) is 6.01. The average molecular weight is 418 g/mol. The zero-order valence-electron chi connectivity index (χ0n) is 18.3. The molecule has 160 valence electrons. The van der Waals surface area contributed by atoms with Gasteiger partial charge in [-0.2, -0.15) is 0 Å². The molecule has 2 aliphatic heterocycles. The Morgan fingerprint density at radius 2 is 1.68 bits per heavy atom. The second-order valence-corrected chi connectivity index (χ2v) is 8.16. The molecule has 3 heterocycles. The van der Waals surface area contributed by atoms with Gasteiger partial charge < -0.3 is 19.3 Å². The molecule has 0 amide bonds. The lowest BCUT2D eigenvalue weighted by Gasteiger charge is -2.37. The number of allylic oxidation sites excluding steroid dienone is 4. The van der Waals surface area contributed by atoms with Crippen molar-refractivity contribution < 1.29 is 9.47 Å². The summed E-state index contributed by atoms with van der Waals surface area (Å²) in [7, 11) is 3.32. The average Bonchev–Trinajstić information content (AvgIpc) is 3.66. The van der Waals surface area contributed by atoms with E-state index in [0.717, 1.165) is 54.4 Å². The highest BCUT2D eigenvalue weighted by Gasteiger charge is 2.30. The Morgan fingerprint density at radius 1 is 0.968 bits per heavy atom. The molecule has 1 aromatic carbocycles. The van der Waals surface area contributed by atoms with Crippen molar-refractivity contribution in [3.05, 3.63) is 47.6 Å². The molecule has 2 fully saturated rings. The van der Waals surface area contributed by atoms with E-state index in [2.05, 4.69) is 32.8 Å². The second kappa shape index (κ2) is 8.08. The summed E-state index contributed by atoms with van der Waals surface area (Å²) in [6.07, 6.45) is 8.42. The molecule has 31 heavy (non-hydrogen) atoms. The zero-order valence-corrected chi connectivity index (χ0v) is 18.3. The number of methoxy groups -OCH3 is 2. The van der Waals surface area contributed by atoms with Gasteiger partial charge in [0.25, 0.3) is 0 Å². The topological polar surface area (TPSA) is 63.1 Å². The van der Waals surface area contributed by atoms with Gasteiger partial charge in [-0.1, -0.05) is 0 Å². The van der Waals surface area contributed by atoms with Gasteiger partial charge in [0.1, 0.15) is 11.6 Å². The van der Waals surface area contributed by atoms with Gasteiger partial charge >= 0.3 is 0 Å². The van der Waals surface area contributed by atoms with Gasteiger partial charge in [-0.25, -0.2) is 15.0 Å². The Kier molecular flexibility index (Phi) is 5.12. The summed E-state index contributed by atoms with van der Waals surface area (Å²) in [6, 6.07) is 3.98. The molecule has 5 rings (SSSR count). The Hall–Kier alpha value is -3.31. The Balaban J connectivity index is 1.46. The van der Waals surface area contributed by atoms with Crippen LogP contribution in [0.3, 0.4) is 0 Å². The van der Waals surface area contributed by atoms with Crippen molar-refractivity contribution in [3.8, 4) is 11.5 Å². The van der Waals surface area contributed by atoms with Crippen LogP contribution in [-0.2, 0) is 0 Å². The molecule has 1 saturated heterocycles. The van der Waals surface area contributed by atoms with Crippen LogP contribution < -0.4 is 14.4 Å². The number of fused-ring (bicyclic) bond motifs is 1. The van der Waals surface area contributed by atoms with Crippen LogP contribution in [0.1, 0.15) is 31.5 Å². The maximum atomic E-state index is 5.56. The Bertz CT molecular complexity index is 1130. The number of rotatable bonds is 5. The van der Waals surface area contributed by atoms with E-state index in [1.54, 1.807) is 14.2 Å². The fraction of sp³-hybridized carbons (Fsp3) is 0.417. The van der Waals surface area contributed by atoms with E-state index in [9.17, 15) is 0 Å². The van der Waals surface area contributed by atoms with Crippen molar-refractivity contribution in [2.24, 2.45) is 4.99 Å². The van der Waals surface area contributed by atoms with Gasteiger partial charge in [-0.05, 0) is 43.9 Å². The highest BCUT2D eigenvalue weighted by atomic mass is 16.5. The molecule has 1 saturated carbocycles. The smallest absolute Gasteiger partial charge is 0.162 e. The highest BCUT2D eigenvalue weighted by Crippen LogP contribution is 2.42. The first-order valence-electron chi connectivity index (χ1n) is 10.8. The van der Waals surface area contributed by atoms with E-state index >= 15 is 0 Å². The molecule has 0 spiro atoms. The molecule has 0 radical (unpaired) electrons. The van der Waals surface area contributed by atoms with Crippen LogP contribution in [0.15, 0.2) is 46.7 Å². The van der Waals surface area contributed by atoms with Gasteiger partial charge in [-0.15, -0.1) is 0 Å². The fourth-order valence-corrected chi connectivity index (χ4v) is 4.15. The molecule has 7 nitrogen and oxygen atoms in total. The third kappa shape index (κ3) is 3.89. The van der Waals surface area contributed by atoms with Crippen LogP contribution in [0.2, 0.25) is 0 Å². The summed E-state index contributed by atoms with van der Waals surface area (Å²) in [5.41, 5.74) is 3.07. The maximum Gasteiger partial charge on any atom is 0.162 e. The van der Waals surface area contributed by atoms with E-state index in [4.69, 9.17) is 19.4 Å². The number of nitrogens with zero attached hydrogens (tertiary/aromatic N) is 5. The van der Waals surface area contributed by atoms with Gasteiger partial charge in [0, 0.05) is 61.0 Å². The first-order valence-corrected chi connectivity index (χ1v) is 10.8. The summed E-state index contributed by atoms with van der Waals surface area (Å²) < 4.78 is 11.1. The lowest BCUT2D eigenvalue weighted by Crippen LogP contribution is -2.46. The van der Waals surface area contributed by atoms with Crippen molar-refractivity contribution in [2.75, 3.05) is 45.3 Å². The van der Waals surface area contributed by atoms with Crippen LogP contribution in [0.25, 0.3) is 10.9 Å². The number of piperazine rings is 1. The summed E-state index contributed by atoms with van der Waals surface area (Å²) in [6.45, 7) is 5.62. The Labute approximate surface area is 182 Å². The zero-order chi connectivity index (χ0) is 21.4. The molecule has 0 N–H and O–H groups in total. The largest absolute Gasteiger partial charge is 0.493 e. The van der Waals surface area contributed by atoms with Crippen LogP contribution >= 0.6 is 0 Å². The van der Waals surface area contributed by atoms with E-state index in [1.165, 1.54) is 18.5 Å². The molecule has 0 atom stereocenters. The van der Waals surface area contributed by atoms with Crippen molar-refractivity contribution in [1.82, 2.24) is 14.9 Å². The molecule has 2 aromatic rings. The predicted molar refractivity (Wildman–Crippen MR) is 122 cm³/mol. The molecule has 0 bridgehead atoms. The second-order valence-electron chi connectivity index (χ2n) is 8.16. The van der Waals surface area contributed by atoms with Gasteiger partial charge in [0.15, 0.2) is 11.5 Å². The minimum Gasteiger partial charge on any atom is -0.493 e. The molecule has 0 unspecified atom stereocenters. The fourth-order valence-electron chi connectivity index (χ4n) is 4.15. The van der Waals surface area contributed by atoms with E-state index in [0.29, 0.717) is 17.4 Å². The summed E-state index contributed by atoms with van der Waals surface area (Å²) in [4.78, 5) is 18.9. The summed E-state index contributed by atoms with van der Waals surface area (Å²) in [5, 5.41) is 1.01. The van der Waals surface area contributed by atoms with E-state index < -0.39 is 0 Å². The molecule has 1 aliphatic carbocycles. The van der Waals surface area contributed by atoms with Crippen LogP contribution in [0.4, 0.5) is 5.82 Å². The number of aliphatic imine (C=N–C) groups is 1. The van der Waals surface area contributed by atoms with Crippen LogP contribution in [0, 0.1) is 0 Å². The van der Waals surface area contributed by atoms with Crippen molar-refractivity contribution in [1.29, 1.82) is 0 Å². The summed E-state index contributed by atoms with van der Waals surface area (Å²) in [5.74, 6) is 6.77. The number of ether oxygens (including phenoxy) is 2. The first kappa shape index (κ1) is 19.6. The number of aromatic nitrogens is 2. The molecular weight excluding hydrogens is 390 g/mol. The molecule has 3 aliphatic rings. The van der Waals surface area contributed by atoms with Gasteiger partial charge in [0.2, 0.25) is 0 Å². The quantitative estimate of drug-likeness (QED) is 0.740. The maximum absolute atomic E-state index is 5.56. The normalized spacial score (nSPS) is 18.7. The minimum absolute atomic E-state index is 0.480. The van der Waals surface area contributed by atoms with E-state index in [1.807, 2.05) is 25.1 Å². The monoisotopic (exact) mass is 417 g/mol. The van der Waals surface area contributed by atoms with Crippen molar-refractivity contribution in [2.45, 2.75) is 25.7 Å². The SMILES string of the molecule is COc1cc2nc(C3CC3)nc(N3CCN(C4=CC=C=NC(C)=C4)CC3)c2cc1OC. The first-order chi connectivity index (χ1) is 15.2. The molecule has 1 aromatic heterocycles. The third-order valence-corrected chi connectivity index (χ3v) is 6.01. The lowest BCUT2D eigenvalue weighted by atomic mass is 10.1. The minimum atomic E-state index is 0.480. The standard InChI is InChI=1S/C24H27N5O2/c1-16-13-18(5-4-8-25-16)28-9-11-29(12-10-28)24-19-14-21(30-2)22(31-3)15-20(19)26-23(27-24)17-6-7-17/h4-5,13-15,17H,6-7,9-12H2,1-3H3. The number of anilines is 1. The lowest BCUT2D eigenvalue weighted by molar-refractivity contribution is 0.329. The number of hydrogen-bond donors (Lipinski definition) is 0. The predicted octanol–water partition coefficient (Wildman–Crippen LogP) is 3.67. The molecular formula is C24H27N5O2.